The van der Waals surface area contributed by atoms with E-state index >= 15 is 0 Å². The van der Waals surface area contributed by atoms with Crippen molar-refractivity contribution in [1.29, 1.82) is 0 Å². The molecule has 0 fully saturated rings. The number of hydrogen-bond donors (Lipinski definition) is 0. The zero-order chi connectivity index (χ0) is 27.4. The van der Waals surface area contributed by atoms with Gasteiger partial charge in [-0.25, -0.2) is 9.13 Å². The average molecular weight is 515 g/mol. The number of hydrogen-bond acceptors (Lipinski definition) is 2. The summed E-state index contributed by atoms with van der Waals surface area (Å²) >= 11 is 0. The Morgan fingerprint density at radius 2 is 1.46 bits per heavy atom. The van der Waals surface area contributed by atoms with Gasteiger partial charge in [0.05, 0.1) is 12.7 Å². The molecule has 0 aliphatic carbocycles. The van der Waals surface area contributed by atoms with Crippen molar-refractivity contribution in [3.05, 3.63) is 101 Å². The lowest BCUT2D eigenvalue weighted by molar-refractivity contribution is -0.653. The van der Waals surface area contributed by atoms with E-state index in [9.17, 15) is 0 Å². The van der Waals surface area contributed by atoms with Gasteiger partial charge in [0.1, 0.15) is 29.4 Å². The van der Waals surface area contributed by atoms with Gasteiger partial charge in [0.25, 0.3) is 0 Å². The molecule has 6 rings (SSSR count). The fraction of sp³-hybridized carbons (Fsp3) is 0.265. The second-order valence-electron chi connectivity index (χ2n) is 11.5. The van der Waals surface area contributed by atoms with Gasteiger partial charge in [-0.2, -0.15) is 0 Å². The first-order valence-corrected chi connectivity index (χ1v) is 14.0. The normalized spacial score (nSPS) is 13.5. The molecule has 1 aliphatic rings. The summed E-state index contributed by atoms with van der Waals surface area (Å²) in [7, 11) is 4.36. The molecule has 3 aromatic carbocycles. The van der Waals surface area contributed by atoms with Crippen molar-refractivity contribution < 1.29 is 8.98 Å². The highest BCUT2D eigenvalue weighted by Gasteiger charge is 2.42. The van der Waals surface area contributed by atoms with E-state index in [-0.39, 0.29) is 6.85 Å². The minimum Gasteiger partial charge on any atom is -0.455 e. The van der Waals surface area contributed by atoms with Crippen molar-refractivity contribution in [2.75, 3.05) is 11.9 Å². The topological polar surface area (TPSA) is 25.2 Å². The molecule has 0 atom stereocenters. The van der Waals surface area contributed by atoms with Gasteiger partial charge in [0.15, 0.2) is 0 Å². The van der Waals surface area contributed by atoms with Gasteiger partial charge in [-0.1, -0.05) is 75.6 Å². The smallest absolute Gasteiger partial charge is 0.423 e. The molecule has 0 saturated carbocycles. The van der Waals surface area contributed by atoms with Gasteiger partial charge >= 0.3 is 6.85 Å². The highest BCUT2D eigenvalue weighted by molar-refractivity contribution is 6.82. The van der Waals surface area contributed by atoms with Crippen LogP contribution in [-0.4, -0.2) is 18.5 Å². The van der Waals surface area contributed by atoms with Gasteiger partial charge < -0.3 is 9.23 Å². The van der Waals surface area contributed by atoms with Crippen LogP contribution in [0.3, 0.4) is 0 Å². The molecular formula is C34H37BN3O+. The fourth-order valence-electron chi connectivity index (χ4n) is 6.25. The lowest BCUT2D eigenvalue weighted by atomic mass is 9.51. The molecule has 0 bridgehead atoms. The van der Waals surface area contributed by atoms with E-state index in [4.69, 9.17) is 4.42 Å². The van der Waals surface area contributed by atoms with Crippen LogP contribution in [0.1, 0.15) is 63.3 Å². The van der Waals surface area contributed by atoms with Crippen molar-refractivity contribution in [3.8, 4) is 16.8 Å². The predicted octanol–water partition coefficient (Wildman–Crippen LogP) is 7.25. The maximum Gasteiger partial charge on any atom is 0.423 e. The van der Waals surface area contributed by atoms with Crippen molar-refractivity contribution in [2.24, 2.45) is 7.05 Å². The first-order chi connectivity index (χ1) is 18.8. The number of rotatable bonds is 5. The average Bonchev–Trinajstić information content (AvgIpc) is 3.48. The summed E-state index contributed by atoms with van der Waals surface area (Å²) in [6, 6.07) is 23.9. The van der Waals surface area contributed by atoms with Crippen LogP contribution in [0.4, 0.5) is 5.69 Å². The Hall–Kier alpha value is -3.99. The zero-order valence-corrected chi connectivity index (χ0v) is 24.1. The Balaban J connectivity index is 1.57. The van der Waals surface area contributed by atoms with E-state index in [1.54, 1.807) is 0 Å². The van der Waals surface area contributed by atoms with Crippen molar-refractivity contribution in [3.63, 3.8) is 0 Å². The Morgan fingerprint density at radius 3 is 2.13 bits per heavy atom. The SMILES string of the molecule is CC1=Cc2oc3ccccc3c2N(C)B1c1n(-c2c(C(C)C)cc(-c3ccccc3)cc2C(C)C)cc[n+]1C. The molecule has 5 heteroatoms. The summed E-state index contributed by atoms with van der Waals surface area (Å²) in [6.45, 7) is 11.5. The number of anilines is 1. The molecule has 4 nitrogen and oxygen atoms in total. The largest absolute Gasteiger partial charge is 0.455 e. The maximum atomic E-state index is 6.27. The molecule has 5 aromatic rings. The van der Waals surface area contributed by atoms with E-state index in [2.05, 4.69) is 142 Å². The molecule has 1 aliphatic heterocycles. The Bertz CT molecular complexity index is 1680. The lowest BCUT2D eigenvalue weighted by Crippen LogP contribution is -2.63. The van der Waals surface area contributed by atoms with Crippen LogP contribution in [0.25, 0.3) is 33.9 Å². The number of aromatic nitrogens is 2. The number of aryl methyl sites for hydroxylation is 1. The maximum absolute atomic E-state index is 6.27. The standard InChI is InChI=1S/C34H37BN3O/c1-22(2)28-20-26(25-13-9-8-10-14-25)21-29(23(3)4)32(28)38-18-17-36(6)34(38)35-24(5)19-31-33(37(35)7)27-15-11-12-16-30(27)39-31/h8-23H,1-7H3/q+1. The minimum absolute atomic E-state index is 0.0623. The van der Waals surface area contributed by atoms with Crippen LogP contribution in [0.15, 0.2) is 89.0 Å². The highest BCUT2D eigenvalue weighted by Crippen LogP contribution is 2.40. The molecule has 39 heavy (non-hydrogen) atoms. The van der Waals surface area contributed by atoms with Crippen LogP contribution in [0.5, 0.6) is 0 Å². The predicted molar refractivity (Wildman–Crippen MR) is 164 cm³/mol. The van der Waals surface area contributed by atoms with Crippen molar-refractivity contribution in [2.45, 2.75) is 46.5 Å². The van der Waals surface area contributed by atoms with Crippen molar-refractivity contribution in [1.82, 2.24) is 4.57 Å². The third-order valence-corrected chi connectivity index (χ3v) is 8.18. The molecule has 0 saturated heterocycles. The third-order valence-electron chi connectivity index (χ3n) is 8.18. The molecule has 0 amide bonds. The fourth-order valence-corrected chi connectivity index (χ4v) is 6.25. The van der Waals surface area contributed by atoms with Crippen LogP contribution < -0.4 is 15.1 Å². The van der Waals surface area contributed by atoms with Gasteiger partial charge in [-0.15, -0.1) is 0 Å². The molecule has 0 N–H and O–H groups in total. The number of para-hydroxylation sites is 1. The van der Waals surface area contributed by atoms with Crippen LogP contribution in [-0.2, 0) is 7.05 Å². The minimum atomic E-state index is 0.0623. The second kappa shape index (κ2) is 9.64. The highest BCUT2D eigenvalue weighted by atomic mass is 16.3. The summed E-state index contributed by atoms with van der Waals surface area (Å²) in [4.78, 5) is 2.39. The molecule has 2 aromatic heterocycles. The Morgan fingerprint density at radius 1 is 0.821 bits per heavy atom. The summed E-state index contributed by atoms with van der Waals surface area (Å²) in [5.41, 5.74) is 11.2. The number of imidazole rings is 1. The number of allylic oxidation sites excluding steroid dienone is 1. The Kier molecular flexibility index (Phi) is 6.25. The quantitative estimate of drug-likeness (QED) is 0.182. The Labute approximate surface area is 232 Å². The number of nitrogens with zero attached hydrogens (tertiary/aromatic N) is 3. The van der Waals surface area contributed by atoms with Gasteiger partial charge in [-0.3, -0.25) is 0 Å². The molecular weight excluding hydrogens is 477 g/mol. The second-order valence-corrected chi connectivity index (χ2v) is 11.5. The van der Waals surface area contributed by atoms with E-state index in [1.807, 2.05) is 6.07 Å². The number of fused-ring (bicyclic) bond motifs is 3. The van der Waals surface area contributed by atoms with Gasteiger partial charge in [-0.05, 0) is 67.3 Å². The van der Waals surface area contributed by atoms with E-state index in [0.29, 0.717) is 11.8 Å². The third kappa shape index (κ3) is 4.12. The monoisotopic (exact) mass is 514 g/mol. The molecule has 0 radical (unpaired) electrons. The van der Waals surface area contributed by atoms with Crippen LogP contribution in [0, 0.1) is 0 Å². The van der Waals surface area contributed by atoms with Gasteiger partial charge in [0, 0.05) is 16.5 Å². The van der Waals surface area contributed by atoms with E-state index in [1.165, 1.54) is 39.1 Å². The molecule has 196 valence electrons. The lowest BCUT2D eigenvalue weighted by Gasteiger charge is -2.29. The summed E-state index contributed by atoms with van der Waals surface area (Å²) in [6.07, 6.45) is 6.66. The first-order valence-electron chi connectivity index (χ1n) is 14.0. The van der Waals surface area contributed by atoms with Crippen LogP contribution in [0.2, 0.25) is 0 Å². The molecule has 3 heterocycles. The van der Waals surface area contributed by atoms with Crippen molar-refractivity contribution >= 4 is 35.3 Å². The summed E-state index contributed by atoms with van der Waals surface area (Å²) in [5, 5.41) is 1.16. The van der Waals surface area contributed by atoms with E-state index < -0.39 is 0 Å². The molecule has 0 spiro atoms. The summed E-state index contributed by atoms with van der Waals surface area (Å²) < 4.78 is 11.0. The molecule has 0 unspecified atom stereocenters. The number of benzene rings is 3. The van der Waals surface area contributed by atoms with E-state index in [0.717, 1.165) is 22.4 Å². The van der Waals surface area contributed by atoms with Gasteiger partial charge in [0.2, 0.25) is 5.72 Å². The summed E-state index contributed by atoms with van der Waals surface area (Å²) in [5.74, 6) is 1.67. The number of furan rings is 1. The first kappa shape index (κ1) is 25.3. The zero-order valence-electron chi connectivity index (χ0n) is 24.1. The van der Waals surface area contributed by atoms with Crippen LogP contribution >= 0.6 is 0 Å².